The molecule has 4 rings (SSSR count). The van der Waals surface area contributed by atoms with Gasteiger partial charge in [0.05, 0.1) is 19.1 Å². The molecule has 0 bridgehead atoms. The van der Waals surface area contributed by atoms with Gasteiger partial charge in [-0.15, -0.1) is 0 Å². The van der Waals surface area contributed by atoms with E-state index >= 15 is 0 Å². The molecule has 0 amide bonds. The van der Waals surface area contributed by atoms with Crippen molar-refractivity contribution < 1.29 is 8.94 Å². The van der Waals surface area contributed by atoms with Gasteiger partial charge in [-0.3, -0.25) is 13.9 Å². The second-order valence-electron chi connectivity index (χ2n) is 7.30. The number of imidazole rings is 1. The molecule has 0 unspecified atom stereocenters. The summed E-state index contributed by atoms with van der Waals surface area (Å²) in [5.74, 6) is 0.984. The first-order valence-corrected chi connectivity index (χ1v) is 10.3. The van der Waals surface area contributed by atoms with Crippen LogP contribution in [-0.2, 0) is 19.6 Å². The van der Waals surface area contributed by atoms with Crippen LogP contribution in [0, 0.1) is 0 Å². The summed E-state index contributed by atoms with van der Waals surface area (Å²) >= 11 is 0. The molecular formula is C21H25N5O4. The lowest BCUT2D eigenvalue weighted by Gasteiger charge is -2.11. The van der Waals surface area contributed by atoms with Crippen LogP contribution in [0.1, 0.15) is 45.2 Å². The first-order chi connectivity index (χ1) is 14.6. The predicted molar refractivity (Wildman–Crippen MR) is 111 cm³/mol. The average molecular weight is 411 g/mol. The highest BCUT2D eigenvalue weighted by Gasteiger charge is 2.19. The highest BCUT2D eigenvalue weighted by atomic mass is 16.5. The van der Waals surface area contributed by atoms with Crippen molar-refractivity contribution in [3.05, 3.63) is 57.3 Å². The number of aryl methyl sites for hydroxylation is 2. The fourth-order valence-electron chi connectivity index (χ4n) is 3.48. The Morgan fingerprint density at radius 1 is 1.03 bits per heavy atom. The van der Waals surface area contributed by atoms with Crippen molar-refractivity contribution in [2.24, 2.45) is 0 Å². The van der Waals surface area contributed by atoms with E-state index in [0.29, 0.717) is 41.5 Å². The van der Waals surface area contributed by atoms with Crippen LogP contribution in [0.5, 0.6) is 0 Å². The van der Waals surface area contributed by atoms with Crippen LogP contribution < -0.4 is 11.2 Å². The number of aromatic nitrogens is 5. The topological polar surface area (TPSA) is 101 Å². The van der Waals surface area contributed by atoms with Gasteiger partial charge in [-0.1, -0.05) is 31.8 Å². The monoisotopic (exact) mass is 411 g/mol. The Kier molecular flexibility index (Phi) is 5.69. The first kappa shape index (κ1) is 19.9. The van der Waals surface area contributed by atoms with Gasteiger partial charge in [-0.05, 0) is 25.0 Å². The Balaban J connectivity index is 1.80. The molecule has 30 heavy (non-hydrogen) atoms. The lowest BCUT2D eigenvalue weighted by molar-refractivity contribution is 0.407. The second kappa shape index (κ2) is 8.56. The lowest BCUT2D eigenvalue weighted by Crippen LogP contribution is -2.41. The molecule has 0 N–H and O–H groups in total. The highest BCUT2D eigenvalue weighted by molar-refractivity contribution is 5.70. The quantitative estimate of drug-likeness (QED) is 0.419. The second-order valence-corrected chi connectivity index (χ2v) is 7.30. The van der Waals surface area contributed by atoms with Gasteiger partial charge in [0.15, 0.2) is 16.9 Å². The zero-order valence-corrected chi connectivity index (χ0v) is 17.2. The van der Waals surface area contributed by atoms with E-state index in [1.54, 1.807) is 35.4 Å². The third kappa shape index (κ3) is 3.62. The van der Waals surface area contributed by atoms with Crippen LogP contribution >= 0.6 is 0 Å². The predicted octanol–water partition coefficient (Wildman–Crippen LogP) is 3.26. The van der Waals surface area contributed by atoms with Gasteiger partial charge < -0.3 is 13.5 Å². The van der Waals surface area contributed by atoms with Crippen LogP contribution in [0.3, 0.4) is 0 Å². The van der Waals surface area contributed by atoms with E-state index in [-0.39, 0.29) is 17.8 Å². The fourth-order valence-corrected chi connectivity index (χ4v) is 3.48. The lowest BCUT2D eigenvalue weighted by atomic mass is 10.3. The molecule has 9 nitrogen and oxygen atoms in total. The standard InChI is InChI=1S/C21H25N5O4/c1-3-5-9-24-14-22-19-18(24)20(27)26(21(28)25(19)10-6-4-2)13-15-12-17(30-23-15)16-8-7-11-29-16/h7-8,11-12,14H,3-6,9-10,13H2,1-2H3. The van der Waals surface area contributed by atoms with Gasteiger partial charge >= 0.3 is 5.69 Å². The van der Waals surface area contributed by atoms with Crippen LogP contribution in [0.2, 0.25) is 0 Å². The average Bonchev–Trinajstić information content (AvgIpc) is 3.50. The molecular weight excluding hydrogens is 386 g/mol. The smallest absolute Gasteiger partial charge is 0.333 e. The molecule has 0 aliphatic rings. The molecule has 0 fully saturated rings. The van der Waals surface area contributed by atoms with E-state index in [1.165, 1.54) is 4.57 Å². The third-order valence-electron chi connectivity index (χ3n) is 5.11. The molecule has 4 heterocycles. The molecule has 0 saturated heterocycles. The molecule has 4 aromatic rings. The maximum atomic E-state index is 13.3. The number of hydrogen-bond acceptors (Lipinski definition) is 6. The van der Waals surface area contributed by atoms with E-state index in [0.717, 1.165) is 25.7 Å². The minimum atomic E-state index is -0.385. The summed E-state index contributed by atoms with van der Waals surface area (Å²) in [4.78, 5) is 30.8. The SMILES string of the molecule is CCCCn1cnc2c1c(=O)n(Cc1cc(-c3ccco3)on1)c(=O)n2CCCC. The maximum Gasteiger partial charge on any atom is 0.333 e. The number of hydrogen-bond donors (Lipinski definition) is 0. The van der Waals surface area contributed by atoms with Gasteiger partial charge in [0.25, 0.3) is 5.56 Å². The number of furan rings is 1. The van der Waals surface area contributed by atoms with Crippen molar-refractivity contribution in [1.29, 1.82) is 0 Å². The maximum absolute atomic E-state index is 13.3. The minimum Gasteiger partial charge on any atom is -0.461 e. The van der Waals surface area contributed by atoms with Gasteiger partial charge in [-0.25, -0.2) is 9.78 Å². The van der Waals surface area contributed by atoms with Gasteiger partial charge in [0.2, 0.25) is 5.76 Å². The van der Waals surface area contributed by atoms with Crippen LogP contribution in [0.15, 0.2) is 49.3 Å². The van der Waals surface area contributed by atoms with Crippen molar-refractivity contribution in [1.82, 2.24) is 23.8 Å². The third-order valence-corrected chi connectivity index (χ3v) is 5.11. The molecule has 158 valence electrons. The summed E-state index contributed by atoms with van der Waals surface area (Å²) in [5, 5.41) is 4.02. The fraction of sp³-hybridized carbons (Fsp3) is 0.429. The molecule has 4 aromatic heterocycles. The van der Waals surface area contributed by atoms with Crippen LogP contribution in [0.25, 0.3) is 22.7 Å². The van der Waals surface area contributed by atoms with Gasteiger partial charge in [0, 0.05) is 19.2 Å². The molecule has 9 heteroatoms. The van der Waals surface area contributed by atoms with Crippen molar-refractivity contribution in [2.75, 3.05) is 0 Å². The molecule has 0 aromatic carbocycles. The van der Waals surface area contributed by atoms with Crippen molar-refractivity contribution in [2.45, 2.75) is 59.2 Å². The summed E-state index contributed by atoms with van der Waals surface area (Å²) in [6, 6.07) is 5.19. The summed E-state index contributed by atoms with van der Waals surface area (Å²) in [7, 11) is 0. The molecule has 0 saturated carbocycles. The number of fused-ring (bicyclic) bond motifs is 1. The summed E-state index contributed by atoms with van der Waals surface area (Å²) < 4.78 is 15.3. The minimum absolute atomic E-state index is 0.0168. The van der Waals surface area contributed by atoms with E-state index in [9.17, 15) is 9.59 Å². The van der Waals surface area contributed by atoms with Crippen LogP contribution in [0.4, 0.5) is 0 Å². The molecule has 0 aliphatic carbocycles. The number of nitrogens with zero attached hydrogens (tertiary/aromatic N) is 5. The van der Waals surface area contributed by atoms with Crippen molar-refractivity contribution >= 4 is 11.2 Å². The molecule has 0 atom stereocenters. The largest absolute Gasteiger partial charge is 0.461 e. The van der Waals surface area contributed by atoms with E-state index in [2.05, 4.69) is 24.0 Å². The zero-order valence-electron chi connectivity index (χ0n) is 17.2. The number of unbranched alkanes of at least 4 members (excludes halogenated alkanes) is 2. The Hall–Kier alpha value is -3.36. The zero-order chi connectivity index (χ0) is 21.1. The molecule has 0 radical (unpaired) electrons. The Morgan fingerprint density at radius 3 is 2.57 bits per heavy atom. The highest BCUT2D eigenvalue weighted by Crippen LogP contribution is 2.20. The Morgan fingerprint density at radius 2 is 1.83 bits per heavy atom. The first-order valence-electron chi connectivity index (χ1n) is 10.3. The molecule has 0 spiro atoms. The van der Waals surface area contributed by atoms with Crippen molar-refractivity contribution in [3.63, 3.8) is 0 Å². The Labute approximate surface area is 172 Å². The van der Waals surface area contributed by atoms with E-state index < -0.39 is 0 Å². The van der Waals surface area contributed by atoms with Gasteiger partial charge in [0.1, 0.15) is 5.69 Å². The molecule has 0 aliphatic heterocycles. The summed E-state index contributed by atoms with van der Waals surface area (Å²) in [6.45, 7) is 5.36. The van der Waals surface area contributed by atoms with Crippen molar-refractivity contribution in [3.8, 4) is 11.5 Å². The van der Waals surface area contributed by atoms with E-state index in [4.69, 9.17) is 8.94 Å². The Bertz CT molecular complexity index is 1240. The van der Waals surface area contributed by atoms with E-state index in [1.807, 2.05) is 4.57 Å². The number of rotatable bonds is 9. The van der Waals surface area contributed by atoms with Crippen LogP contribution in [-0.4, -0.2) is 23.8 Å². The summed E-state index contributed by atoms with van der Waals surface area (Å²) in [5.41, 5.74) is 0.626. The normalized spacial score (nSPS) is 11.5. The summed E-state index contributed by atoms with van der Waals surface area (Å²) in [6.07, 6.45) is 6.87. The van der Waals surface area contributed by atoms with Gasteiger partial charge in [-0.2, -0.15) is 0 Å².